The third-order valence-electron chi connectivity index (χ3n) is 3.09. The molecule has 0 saturated carbocycles. The van der Waals surface area contributed by atoms with Crippen LogP contribution in [0.4, 0.5) is 5.69 Å². The van der Waals surface area contributed by atoms with Gasteiger partial charge in [-0.1, -0.05) is 29.3 Å². The van der Waals surface area contributed by atoms with Gasteiger partial charge in [0.25, 0.3) is 5.91 Å². The summed E-state index contributed by atoms with van der Waals surface area (Å²) in [4.78, 5) is 11.8. The van der Waals surface area contributed by atoms with Gasteiger partial charge >= 0.3 is 0 Å². The number of hydrogen-bond acceptors (Lipinski definition) is 2. The van der Waals surface area contributed by atoms with Crippen molar-refractivity contribution in [2.24, 2.45) is 0 Å². The van der Waals surface area contributed by atoms with Gasteiger partial charge in [-0.15, -0.1) is 0 Å². The van der Waals surface area contributed by atoms with Gasteiger partial charge in [0.1, 0.15) is 5.75 Å². The summed E-state index contributed by atoms with van der Waals surface area (Å²) in [5.74, 6) is 0.230. The van der Waals surface area contributed by atoms with Crippen LogP contribution in [0, 0.1) is 13.8 Å². The minimum atomic E-state index is -0.275. The summed E-state index contributed by atoms with van der Waals surface area (Å²) in [6.07, 6.45) is 2.60. The van der Waals surface area contributed by atoms with Gasteiger partial charge in [-0.05, 0) is 49.2 Å². The lowest BCUT2D eigenvalue weighted by molar-refractivity contribution is -0.112. The van der Waals surface area contributed by atoms with E-state index < -0.39 is 0 Å². The van der Waals surface area contributed by atoms with E-state index in [0.29, 0.717) is 15.8 Å². The predicted octanol–water partition coefficient (Wildman–Crippen LogP) is 5.14. The van der Waals surface area contributed by atoms with Crippen LogP contribution < -0.4 is 10.1 Å². The molecule has 0 fully saturated rings. The van der Waals surface area contributed by atoms with E-state index in [0.717, 1.165) is 11.3 Å². The molecule has 0 atom stereocenters. The number of carbonyl (C=O) groups is 1. The molecule has 0 aliphatic carbocycles. The van der Waals surface area contributed by atoms with Gasteiger partial charge in [0.15, 0.2) is 0 Å². The van der Waals surface area contributed by atoms with Crippen LogP contribution >= 0.6 is 23.2 Å². The van der Waals surface area contributed by atoms with E-state index in [2.05, 4.69) is 5.32 Å². The Morgan fingerprint density at radius 2 is 1.82 bits per heavy atom. The molecule has 22 heavy (non-hydrogen) atoms. The summed E-state index contributed by atoms with van der Waals surface area (Å²) < 4.78 is 5.31. The summed E-state index contributed by atoms with van der Waals surface area (Å²) >= 11 is 11.7. The molecule has 0 radical (unpaired) electrons. The van der Waals surface area contributed by atoms with Crippen LogP contribution in [0.1, 0.15) is 11.1 Å². The summed E-state index contributed by atoms with van der Waals surface area (Å²) in [6.45, 7) is 4.01. The maximum Gasteiger partial charge on any atom is 0.251 e. The quantitative estimate of drug-likeness (QED) is 0.620. The number of ether oxygens (including phenoxy) is 1. The first kappa shape index (κ1) is 16.4. The topological polar surface area (TPSA) is 38.3 Å². The SMILES string of the molecule is Cc1ccc(NC(=O)C=COc2ccc(Cl)c(Cl)c2)cc1C. The number of carbonyl (C=O) groups excluding carboxylic acids is 1. The monoisotopic (exact) mass is 335 g/mol. The van der Waals surface area contributed by atoms with Crippen molar-refractivity contribution < 1.29 is 9.53 Å². The Morgan fingerprint density at radius 3 is 2.50 bits per heavy atom. The predicted molar refractivity (Wildman–Crippen MR) is 90.8 cm³/mol. The molecule has 0 unspecified atom stereocenters. The molecule has 0 heterocycles. The van der Waals surface area contributed by atoms with Crippen molar-refractivity contribution >= 4 is 34.8 Å². The average molecular weight is 336 g/mol. The number of hydrogen-bond donors (Lipinski definition) is 1. The van der Waals surface area contributed by atoms with Gasteiger partial charge in [-0.3, -0.25) is 4.79 Å². The maximum atomic E-state index is 11.8. The molecular weight excluding hydrogens is 321 g/mol. The number of amides is 1. The van der Waals surface area contributed by atoms with Crippen molar-refractivity contribution in [3.05, 3.63) is 69.9 Å². The molecule has 0 bridgehead atoms. The van der Waals surface area contributed by atoms with Crippen LogP contribution in [0.2, 0.25) is 10.0 Å². The van der Waals surface area contributed by atoms with E-state index >= 15 is 0 Å². The highest BCUT2D eigenvalue weighted by molar-refractivity contribution is 6.42. The van der Waals surface area contributed by atoms with Crippen LogP contribution in [0.3, 0.4) is 0 Å². The third-order valence-corrected chi connectivity index (χ3v) is 3.83. The molecule has 5 heteroatoms. The minimum Gasteiger partial charge on any atom is -0.465 e. The second-order valence-electron chi connectivity index (χ2n) is 4.78. The molecule has 2 rings (SSSR count). The molecular formula is C17H15Cl2NO2. The zero-order chi connectivity index (χ0) is 16.1. The first-order chi connectivity index (χ1) is 10.5. The molecule has 114 valence electrons. The number of halogens is 2. The highest BCUT2D eigenvalue weighted by Crippen LogP contribution is 2.26. The molecule has 0 aromatic heterocycles. The second kappa shape index (κ2) is 7.34. The molecule has 0 aliphatic rings. The summed E-state index contributed by atoms with van der Waals surface area (Å²) in [6, 6.07) is 10.6. The Bertz CT molecular complexity index is 727. The molecule has 1 amide bonds. The molecule has 3 nitrogen and oxygen atoms in total. The van der Waals surface area contributed by atoms with Crippen molar-refractivity contribution in [3.63, 3.8) is 0 Å². The maximum absolute atomic E-state index is 11.8. The van der Waals surface area contributed by atoms with Gasteiger partial charge in [0, 0.05) is 17.8 Å². The second-order valence-corrected chi connectivity index (χ2v) is 5.60. The Morgan fingerprint density at radius 1 is 1.05 bits per heavy atom. The molecule has 0 saturated heterocycles. The van der Waals surface area contributed by atoms with E-state index in [1.807, 2.05) is 32.0 Å². The van der Waals surface area contributed by atoms with Crippen LogP contribution in [0.5, 0.6) is 5.75 Å². The van der Waals surface area contributed by atoms with Crippen LogP contribution in [-0.4, -0.2) is 5.91 Å². The van der Waals surface area contributed by atoms with Crippen molar-refractivity contribution in [3.8, 4) is 5.75 Å². The van der Waals surface area contributed by atoms with Crippen molar-refractivity contribution in [1.29, 1.82) is 0 Å². The number of aryl methyl sites for hydroxylation is 2. The lowest BCUT2D eigenvalue weighted by Crippen LogP contribution is -2.08. The van der Waals surface area contributed by atoms with Gasteiger partial charge in [-0.25, -0.2) is 0 Å². The standard InChI is InChI=1S/C17H15Cl2NO2/c1-11-3-4-13(9-12(11)2)20-17(21)7-8-22-14-5-6-15(18)16(19)10-14/h3-10H,1-2H3,(H,20,21). The first-order valence-electron chi connectivity index (χ1n) is 6.62. The normalized spacial score (nSPS) is 10.7. The van der Waals surface area contributed by atoms with Crippen LogP contribution in [-0.2, 0) is 4.79 Å². The summed E-state index contributed by atoms with van der Waals surface area (Å²) in [5.41, 5.74) is 3.04. The lowest BCUT2D eigenvalue weighted by atomic mass is 10.1. The Hall–Kier alpha value is -1.97. The number of anilines is 1. The zero-order valence-electron chi connectivity index (χ0n) is 12.2. The van der Waals surface area contributed by atoms with Gasteiger partial charge in [-0.2, -0.15) is 0 Å². The largest absolute Gasteiger partial charge is 0.465 e. The zero-order valence-corrected chi connectivity index (χ0v) is 13.7. The summed E-state index contributed by atoms with van der Waals surface area (Å²) in [7, 11) is 0. The molecule has 0 spiro atoms. The minimum absolute atomic E-state index is 0.275. The molecule has 0 aliphatic heterocycles. The van der Waals surface area contributed by atoms with E-state index in [1.165, 1.54) is 17.9 Å². The average Bonchev–Trinajstić information content (AvgIpc) is 2.47. The van der Waals surface area contributed by atoms with Gasteiger partial charge in [0.05, 0.1) is 16.3 Å². The molecule has 1 N–H and O–H groups in total. The summed E-state index contributed by atoms with van der Waals surface area (Å²) in [5, 5.41) is 3.61. The van der Waals surface area contributed by atoms with Crippen LogP contribution in [0.15, 0.2) is 48.7 Å². The lowest BCUT2D eigenvalue weighted by Gasteiger charge is -2.05. The van der Waals surface area contributed by atoms with E-state index in [-0.39, 0.29) is 5.91 Å². The fraction of sp³-hybridized carbons (Fsp3) is 0.118. The molecule has 2 aromatic carbocycles. The van der Waals surface area contributed by atoms with E-state index in [9.17, 15) is 4.79 Å². The smallest absolute Gasteiger partial charge is 0.251 e. The Kier molecular flexibility index (Phi) is 5.47. The fourth-order valence-electron chi connectivity index (χ4n) is 1.73. The Balaban J connectivity index is 1.93. The van der Waals surface area contributed by atoms with Crippen molar-refractivity contribution in [2.45, 2.75) is 13.8 Å². The van der Waals surface area contributed by atoms with E-state index in [1.54, 1.807) is 18.2 Å². The van der Waals surface area contributed by atoms with Gasteiger partial charge < -0.3 is 10.1 Å². The van der Waals surface area contributed by atoms with E-state index in [4.69, 9.17) is 27.9 Å². The highest BCUT2D eigenvalue weighted by atomic mass is 35.5. The third kappa shape index (κ3) is 4.52. The Labute approximate surface area is 139 Å². The molecule has 2 aromatic rings. The number of rotatable bonds is 4. The number of nitrogens with one attached hydrogen (secondary N) is 1. The first-order valence-corrected chi connectivity index (χ1v) is 7.38. The van der Waals surface area contributed by atoms with Crippen molar-refractivity contribution in [1.82, 2.24) is 0 Å². The van der Waals surface area contributed by atoms with Crippen molar-refractivity contribution in [2.75, 3.05) is 5.32 Å². The fourth-order valence-corrected chi connectivity index (χ4v) is 2.02. The highest BCUT2D eigenvalue weighted by Gasteiger charge is 2.01. The van der Waals surface area contributed by atoms with Crippen LogP contribution in [0.25, 0.3) is 0 Å². The van der Waals surface area contributed by atoms with Gasteiger partial charge in [0.2, 0.25) is 0 Å². The number of benzene rings is 2.